The highest BCUT2D eigenvalue weighted by Gasteiger charge is 2.47. The first kappa shape index (κ1) is 17.5. The maximum absolute atomic E-state index is 2.42. The second-order valence-corrected chi connectivity index (χ2v) is 15.3. The molecule has 5 aliphatic rings. The quantitative estimate of drug-likeness (QED) is 0.422. The molecule has 5 saturated heterocycles. The number of fused-ring (bicyclic) bond motifs is 10. The first-order valence-electron chi connectivity index (χ1n) is 10.5. The maximum Gasteiger partial charge on any atom is 0.163 e. The monoisotopic (exact) mass is 402 g/mol. The van der Waals surface area contributed by atoms with Crippen LogP contribution in [0.15, 0.2) is 0 Å². The molecule has 4 heteroatoms. The van der Waals surface area contributed by atoms with Crippen molar-refractivity contribution in [3.63, 3.8) is 0 Å². The molecule has 5 rings (SSSR count). The predicted molar refractivity (Wildman–Crippen MR) is 118 cm³/mol. The van der Waals surface area contributed by atoms with E-state index in [0.29, 0.717) is 0 Å². The van der Waals surface area contributed by atoms with Gasteiger partial charge in [-0.3, -0.25) is 0 Å². The van der Waals surface area contributed by atoms with Crippen molar-refractivity contribution in [2.24, 2.45) is 0 Å². The van der Waals surface area contributed by atoms with E-state index in [1.165, 1.54) is 38.5 Å². The van der Waals surface area contributed by atoms with Crippen LogP contribution in [0.1, 0.15) is 77.0 Å². The Kier molecular flexibility index (Phi) is 5.68. The van der Waals surface area contributed by atoms with Crippen molar-refractivity contribution in [2.45, 2.75) is 119 Å². The lowest BCUT2D eigenvalue weighted by atomic mass is 10.0. The molecule has 24 heavy (non-hydrogen) atoms. The molecule has 5 aliphatic heterocycles. The first-order valence-corrected chi connectivity index (χ1v) is 14.5. The summed E-state index contributed by atoms with van der Waals surface area (Å²) in [6, 6.07) is 0. The summed E-state index contributed by atoms with van der Waals surface area (Å²) >= 11 is 8.59. The zero-order chi connectivity index (χ0) is 15.9. The van der Waals surface area contributed by atoms with Crippen molar-refractivity contribution in [1.29, 1.82) is 0 Å². The fraction of sp³-hybridized carbons (Fsp3) is 1.00. The molecule has 0 saturated carbocycles. The fourth-order valence-corrected chi connectivity index (χ4v) is 13.4. The zero-order valence-electron chi connectivity index (χ0n) is 14.8. The third-order valence-electron chi connectivity index (χ3n) is 7.18. The van der Waals surface area contributed by atoms with Crippen molar-refractivity contribution in [1.82, 2.24) is 0 Å². The minimum absolute atomic E-state index is 1.01. The molecule has 0 spiro atoms. The van der Waals surface area contributed by atoms with Crippen molar-refractivity contribution >= 4 is 47.0 Å². The van der Waals surface area contributed by atoms with Crippen LogP contribution in [0.4, 0.5) is 0 Å². The van der Waals surface area contributed by atoms with Gasteiger partial charge in [-0.2, -0.15) is 23.5 Å². The van der Waals surface area contributed by atoms with Crippen LogP contribution >= 0.6 is 23.5 Å². The van der Waals surface area contributed by atoms with Crippen molar-refractivity contribution in [2.75, 3.05) is 0 Å². The molecule has 8 atom stereocenters. The molecule has 0 amide bonds. The van der Waals surface area contributed by atoms with Crippen LogP contribution in [0.2, 0.25) is 0 Å². The smallest absolute Gasteiger partial charge is 0.154 e. The number of rotatable bonds is 0. The van der Waals surface area contributed by atoms with Crippen LogP contribution in [-0.2, 0) is 23.5 Å². The van der Waals surface area contributed by atoms with E-state index in [9.17, 15) is 0 Å². The van der Waals surface area contributed by atoms with E-state index in [2.05, 4.69) is 23.5 Å². The normalized spacial score (nSPS) is 52.0. The second-order valence-electron chi connectivity index (χ2n) is 8.80. The van der Waals surface area contributed by atoms with Crippen LogP contribution in [0.3, 0.4) is 0 Å². The molecular weight excluding hydrogens is 368 g/mol. The second kappa shape index (κ2) is 7.80. The summed E-state index contributed by atoms with van der Waals surface area (Å²) in [5, 5.41) is 8.38. The highest BCUT2D eigenvalue weighted by atomic mass is 32.2. The van der Waals surface area contributed by atoms with Crippen LogP contribution in [-0.4, -0.2) is 42.0 Å². The minimum Gasteiger partial charge on any atom is -0.154 e. The Morgan fingerprint density at radius 1 is 0.458 bits per heavy atom. The van der Waals surface area contributed by atoms with E-state index in [1.54, 1.807) is 38.5 Å². The summed E-state index contributed by atoms with van der Waals surface area (Å²) in [7, 11) is 0. The van der Waals surface area contributed by atoms with Crippen molar-refractivity contribution < 1.29 is 0 Å². The van der Waals surface area contributed by atoms with Gasteiger partial charge in [0.05, 0.1) is 0 Å². The van der Waals surface area contributed by atoms with Gasteiger partial charge in [0.15, 0.2) is 10.5 Å². The van der Waals surface area contributed by atoms with Gasteiger partial charge in [0.25, 0.3) is 0 Å². The van der Waals surface area contributed by atoms with Gasteiger partial charge in [-0.15, -0.1) is 0 Å². The Labute approximate surface area is 165 Å². The number of thioether (sulfide) groups is 2. The van der Waals surface area contributed by atoms with Crippen LogP contribution in [0.25, 0.3) is 0 Å². The lowest BCUT2D eigenvalue weighted by molar-refractivity contribution is 0.589. The van der Waals surface area contributed by atoms with Crippen molar-refractivity contribution in [3.05, 3.63) is 0 Å². The van der Waals surface area contributed by atoms with Gasteiger partial charge in [-0.25, -0.2) is 0 Å². The third kappa shape index (κ3) is 3.83. The van der Waals surface area contributed by atoms with Gasteiger partial charge < -0.3 is 0 Å². The highest BCUT2D eigenvalue weighted by Crippen LogP contribution is 2.49. The highest BCUT2D eigenvalue weighted by molar-refractivity contribution is 8.04. The third-order valence-corrected chi connectivity index (χ3v) is 15.0. The topological polar surface area (TPSA) is 0 Å². The summed E-state index contributed by atoms with van der Waals surface area (Å²) in [5.41, 5.74) is 0. The summed E-state index contributed by atoms with van der Waals surface area (Å²) in [5.74, 6) is 0. The Morgan fingerprint density at radius 2 is 0.875 bits per heavy atom. The molecule has 0 aromatic heterocycles. The minimum atomic E-state index is 1.01. The molecule has 0 N–H and O–H groups in total. The van der Waals surface area contributed by atoms with Gasteiger partial charge in [0.2, 0.25) is 0 Å². The molecule has 0 aromatic rings. The van der Waals surface area contributed by atoms with Gasteiger partial charge in [0.1, 0.15) is 10.5 Å². The molecule has 136 valence electrons. The van der Waals surface area contributed by atoms with E-state index in [-0.39, 0.29) is 0 Å². The van der Waals surface area contributed by atoms with Crippen molar-refractivity contribution in [3.8, 4) is 0 Å². The lowest BCUT2D eigenvalue weighted by Gasteiger charge is -2.19. The fourth-order valence-electron chi connectivity index (χ4n) is 5.78. The van der Waals surface area contributed by atoms with E-state index in [1.807, 2.05) is 23.5 Å². The average molecular weight is 403 g/mol. The Morgan fingerprint density at radius 3 is 1.38 bits per heavy atom. The largest absolute Gasteiger partial charge is 0.163 e. The Hall–Kier alpha value is 1.40. The Bertz CT molecular complexity index is 361. The lowest BCUT2D eigenvalue weighted by Crippen LogP contribution is -2.26. The molecule has 0 aliphatic carbocycles. The summed E-state index contributed by atoms with van der Waals surface area (Å²) in [6.07, 6.45) is 18.6. The predicted octanol–water partition coefficient (Wildman–Crippen LogP) is 4.78. The summed E-state index contributed by atoms with van der Waals surface area (Å²) < 4.78 is 0. The number of hydrogen-bond donors (Lipinski definition) is 0. The first-order chi connectivity index (χ1) is 11.8. The van der Waals surface area contributed by atoms with Gasteiger partial charge in [-0.05, 0) is 87.7 Å². The van der Waals surface area contributed by atoms with E-state index < -0.39 is 0 Å². The molecule has 0 radical (unpaired) electrons. The number of hydrogen-bond acceptors (Lipinski definition) is 2. The van der Waals surface area contributed by atoms with Crippen LogP contribution < -0.4 is 0 Å². The van der Waals surface area contributed by atoms with Gasteiger partial charge >= 0.3 is 0 Å². The van der Waals surface area contributed by atoms with E-state index in [4.69, 9.17) is 0 Å². The molecular formula is C20H34S4+2. The molecule has 5 fully saturated rings. The number of thiol groups is 2. The SMILES string of the molecule is C1CC2CCC([SH+]2)C2CCC(CCC3CCC(S3)C3CCC1S3)[SH+]2. The van der Waals surface area contributed by atoms with Crippen LogP contribution in [0.5, 0.6) is 0 Å². The molecule has 0 nitrogen and oxygen atoms in total. The van der Waals surface area contributed by atoms with E-state index in [0.717, 1.165) is 42.0 Å². The molecule has 5 heterocycles. The van der Waals surface area contributed by atoms with Gasteiger partial charge in [-0.1, -0.05) is 0 Å². The summed E-state index contributed by atoms with van der Waals surface area (Å²) in [6.45, 7) is 0. The Balaban J connectivity index is 1.27. The van der Waals surface area contributed by atoms with Gasteiger partial charge in [0, 0.05) is 33.8 Å². The molecule has 8 bridgehead atoms. The average Bonchev–Trinajstić information content (AvgIpc) is 3.37. The maximum atomic E-state index is 2.42. The van der Waals surface area contributed by atoms with E-state index >= 15 is 0 Å². The zero-order valence-corrected chi connectivity index (χ0v) is 18.2. The molecule has 8 unspecified atom stereocenters. The molecule has 0 aromatic carbocycles. The summed E-state index contributed by atoms with van der Waals surface area (Å²) in [4.78, 5) is 0. The standard InChI is InChI=1S/C20H32S4/c1-2-14-6-10-19(22-14)20-12-8-16(24-20)4-3-15-7-11-18(23-15)17-9-5-13(1)21-17/h13-20H,1-12H2/p+2. The van der Waals surface area contributed by atoms with Crippen LogP contribution in [0, 0.1) is 0 Å².